The Bertz CT molecular complexity index is 827. The van der Waals surface area contributed by atoms with Crippen LogP contribution in [-0.4, -0.2) is 73.4 Å². The number of pyridine rings is 1. The molecule has 1 saturated heterocycles. The maximum absolute atomic E-state index is 12.8. The number of likely N-dealkylation sites (N-methyl/N-ethyl adjacent to an activating group) is 1. The van der Waals surface area contributed by atoms with E-state index in [9.17, 15) is 9.59 Å². The lowest BCUT2D eigenvalue weighted by Gasteiger charge is -2.34. The van der Waals surface area contributed by atoms with E-state index in [0.717, 1.165) is 25.3 Å². The van der Waals surface area contributed by atoms with Gasteiger partial charge < -0.3 is 20.0 Å². The molecule has 148 valence electrons. The number of anilines is 2. The van der Waals surface area contributed by atoms with Crippen molar-refractivity contribution in [3.05, 3.63) is 53.9 Å². The highest BCUT2D eigenvalue weighted by atomic mass is 16.2. The van der Waals surface area contributed by atoms with Gasteiger partial charge >= 0.3 is 0 Å². The molecule has 0 atom stereocenters. The number of carbonyl (C=O) groups excluding carboxylic acids is 2. The number of carbonyl (C=O) groups is 2. The molecule has 1 fully saturated rings. The third-order valence-corrected chi connectivity index (χ3v) is 4.99. The number of hydrogen-bond donors (Lipinski definition) is 1. The lowest BCUT2D eigenvalue weighted by Crippen LogP contribution is -2.48. The first-order valence-electron chi connectivity index (χ1n) is 9.54. The summed E-state index contributed by atoms with van der Waals surface area (Å²) in [5, 5.41) is 2.83. The number of rotatable bonds is 5. The van der Waals surface area contributed by atoms with E-state index in [1.165, 1.54) is 6.20 Å². The summed E-state index contributed by atoms with van der Waals surface area (Å²) in [6.45, 7) is 6.28. The molecule has 1 aromatic carbocycles. The van der Waals surface area contributed by atoms with Gasteiger partial charge in [0.2, 0.25) is 0 Å². The lowest BCUT2D eigenvalue weighted by molar-refractivity contribution is 0.0643. The Morgan fingerprint density at radius 3 is 2.36 bits per heavy atom. The summed E-state index contributed by atoms with van der Waals surface area (Å²) in [7, 11) is 3.92. The average molecular weight is 381 g/mol. The first-order valence-corrected chi connectivity index (χ1v) is 9.54. The first kappa shape index (κ1) is 19.8. The third kappa shape index (κ3) is 4.67. The summed E-state index contributed by atoms with van der Waals surface area (Å²) >= 11 is 0. The second kappa shape index (κ2) is 8.84. The Morgan fingerprint density at radius 1 is 1.07 bits per heavy atom. The summed E-state index contributed by atoms with van der Waals surface area (Å²) in [5.41, 5.74) is 2.46. The molecule has 0 aliphatic carbocycles. The predicted molar refractivity (Wildman–Crippen MR) is 111 cm³/mol. The van der Waals surface area contributed by atoms with Crippen molar-refractivity contribution in [1.29, 1.82) is 0 Å². The van der Waals surface area contributed by atoms with Gasteiger partial charge in [0.15, 0.2) is 0 Å². The van der Waals surface area contributed by atoms with Crippen molar-refractivity contribution in [2.24, 2.45) is 0 Å². The Kier molecular flexibility index (Phi) is 6.26. The summed E-state index contributed by atoms with van der Waals surface area (Å²) in [6.07, 6.45) is 1.51. The molecule has 0 radical (unpaired) electrons. The molecule has 1 aliphatic heterocycles. The summed E-state index contributed by atoms with van der Waals surface area (Å²) in [4.78, 5) is 35.6. The molecule has 0 spiro atoms. The number of nitrogens with one attached hydrogen (secondary N) is 1. The van der Waals surface area contributed by atoms with Crippen LogP contribution >= 0.6 is 0 Å². The summed E-state index contributed by atoms with van der Waals surface area (Å²) in [5.74, 6) is -0.384. The second-order valence-corrected chi connectivity index (χ2v) is 7.05. The molecule has 1 N–H and O–H groups in total. The number of benzene rings is 1. The van der Waals surface area contributed by atoms with Gasteiger partial charge in [0, 0.05) is 63.4 Å². The van der Waals surface area contributed by atoms with E-state index >= 15 is 0 Å². The van der Waals surface area contributed by atoms with Crippen LogP contribution in [0.2, 0.25) is 0 Å². The first-order chi connectivity index (χ1) is 13.5. The van der Waals surface area contributed by atoms with Gasteiger partial charge in [-0.15, -0.1) is 0 Å². The van der Waals surface area contributed by atoms with E-state index in [-0.39, 0.29) is 17.5 Å². The van der Waals surface area contributed by atoms with E-state index in [0.29, 0.717) is 24.3 Å². The number of nitrogens with zero attached hydrogens (tertiary/aromatic N) is 4. The molecule has 2 amide bonds. The fourth-order valence-corrected chi connectivity index (χ4v) is 3.18. The summed E-state index contributed by atoms with van der Waals surface area (Å²) in [6, 6.07) is 10.8. The molecular formula is C21H27N5O2. The van der Waals surface area contributed by atoms with Crippen molar-refractivity contribution >= 4 is 23.2 Å². The van der Waals surface area contributed by atoms with E-state index in [1.807, 2.05) is 48.2 Å². The standard InChI is InChI=1S/C21H27N5O2/c1-4-25-11-13-26(14-12-25)21(28)16-9-10-22-19(15-16)20(27)23-17-5-7-18(8-6-17)24(2)3/h5-10,15H,4,11-14H2,1-3H3,(H,23,27). The van der Waals surface area contributed by atoms with Gasteiger partial charge in [0.25, 0.3) is 11.8 Å². The molecule has 7 heteroatoms. The maximum Gasteiger partial charge on any atom is 0.274 e. The smallest absolute Gasteiger partial charge is 0.274 e. The largest absolute Gasteiger partial charge is 0.378 e. The van der Waals surface area contributed by atoms with Gasteiger partial charge in [-0.1, -0.05) is 6.92 Å². The molecule has 0 bridgehead atoms. The second-order valence-electron chi connectivity index (χ2n) is 7.05. The van der Waals surface area contributed by atoms with Gasteiger partial charge in [-0.25, -0.2) is 0 Å². The van der Waals surface area contributed by atoms with Gasteiger partial charge in [-0.3, -0.25) is 14.6 Å². The van der Waals surface area contributed by atoms with E-state index in [4.69, 9.17) is 0 Å². The maximum atomic E-state index is 12.8. The van der Waals surface area contributed by atoms with Crippen molar-refractivity contribution in [2.45, 2.75) is 6.92 Å². The van der Waals surface area contributed by atoms with E-state index in [1.54, 1.807) is 12.1 Å². The highest BCUT2D eigenvalue weighted by molar-refractivity contribution is 6.04. The average Bonchev–Trinajstić information content (AvgIpc) is 2.73. The van der Waals surface area contributed by atoms with E-state index < -0.39 is 0 Å². The molecule has 1 aliphatic rings. The Balaban J connectivity index is 1.66. The zero-order chi connectivity index (χ0) is 20.1. The molecule has 3 rings (SSSR count). The van der Waals surface area contributed by atoms with Crippen LogP contribution in [0.1, 0.15) is 27.8 Å². The molecule has 0 saturated carbocycles. The van der Waals surface area contributed by atoms with Crippen LogP contribution in [0, 0.1) is 0 Å². The van der Waals surface area contributed by atoms with Crippen LogP contribution in [-0.2, 0) is 0 Å². The van der Waals surface area contributed by atoms with Gasteiger partial charge in [0.1, 0.15) is 5.69 Å². The minimum atomic E-state index is -0.331. The van der Waals surface area contributed by atoms with E-state index in [2.05, 4.69) is 22.1 Å². The normalized spacial score (nSPS) is 14.6. The fraction of sp³-hybridized carbons (Fsp3) is 0.381. The predicted octanol–water partition coefficient (Wildman–Crippen LogP) is 2.18. The minimum Gasteiger partial charge on any atom is -0.378 e. The molecule has 28 heavy (non-hydrogen) atoms. The van der Waals surface area contributed by atoms with Gasteiger partial charge in [-0.2, -0.15) is 0 Å². The Morgan fingerprint density at radius 2 is 1.75 bits per heavy atom. The van der Waals surface area contributed by atoms with Crippen LogP contribution < -0.4 is 10.2 Å². The summed E-state index contributed by atoms with van der Waals surface area (Å²) < 4.78 is 0. The molecule has 2 heterocycles. The van der Waals surface area contributed by atoms with Crippen molar-refractivity contribution in [1.82, 2.24) is 14.8 Å². The molecule has 7 nitrogen and oxygen atoms in total. The quantitative estimate of drug-likeness (QED) is 0.860. The highest BCUT2D eigenvalue weighted by Crippen LogP contribution is 2.17. The Hall–Kier alpha value is -2.93. The topological polar surface area (TPSA) is 68.8 Å². The highest BCUT2D eigenvalue weighted by Gasteiger charge is 2.22. The molecule has 2 aromatic rings. The number of amides is 2. The van der Waals surface area contributed by atoms with Crippen molar-refractivity contribution in [3.8, 4) is 0 Å². The van der Waals surface area contributed by atoms with Crippen LogP contribution in [0.25, 0.3) is 0 Å². The van der Waals surface area contributed by atoms with Gasteiger partial charge in [0.05, 0.1) is 0 Å². The fourth-order valence-electron chi connectivity index (χ4n) is 3.18. The monoisotopic (exact) mass is 381 g/mol. The van der Waals surface area contributed by atoms with Crippen molar-refractivity contribution in [2.75, 3.05) is 57.0 Å². The van der Waals surface area contributed by atoms with Crippen LogP contribution in [0.15, 0.2) is 42.6 Å². The number of aromatic nitrogens is 1. The zero-order valence-corrected chi connectivity index (χ0v) is 16.7. The number of hydrogen-bond acceptors (Lipinski definition) is 5. The number of piperazine rings is 1. The molecule has 1 aromatic heterocycles. The third-order valence-electron chi connectivity index (χ3n) is 4.99. The SMILES string of the molecule is CCN1CCN(C(=O)c2ccnc(C(=O)Nc3ccc(N(C)C)cc3)c2)CC1. The zero-order valence-electron chi connectivity index (χ0n) is 16.7. The Labute approximate surface area is 166 Å². The van der Waals surface area contributed by atoms with Gasteiger partial charge in [-0.05, 0) is 42.9 Å². The molecular weight excluding hydrogens is 354 g/mol. The lowest BCUT2D eigenvalue weighted by atomic mass is 10.1. The van der Waals surface area contributed by atoms with Crippen molar-refractivity contribution < 1.29 is 9.59 Å². The van der Waals surface area contributed by atoms with Crippen LogP contribution in [0.3, 0.4) is 0 Å². The molecule has 0 unspecified atom stereocenters. The van der Waals surface area contributed by atoms with Crippen molar-refractivity contribution in [3.63, 3.8) is 0 Å². The van der Waals surface area contributed by atoms with Crippen LogP contribution in [0.5, 0.6) is 0 Å². The minimum absolute atomic E-state index is 0.0532. The van der Waals surface area contributed by atoms with Crippen LogP contribution in [0.4, 0.5) is 11.4 Å².